The summed E-state index contributed by atoms with van der Waals surface area (Å²) in [5.41, 5.74) is 4.75. The summed E-state index contributed by atoms with van der Waals surface area (Å²) in [5.74, 6) is 0.447. The number of hydrogen-bond donors (Lipinski definition) is 2. The second-order valence-corrected chi connectivity index (χ2v) is 7.37. The van der Waals surface area contributed by atoms with Crippen molar-refractivity contribution in [2.24, 2.45) is 0 Å². The van der Waals surface area contributed by atoms with E-state index in [2.05, 4.69) is 5.32 Å². The summed E-state index contributed by atoms with van der Waals surface area (Å²) in [5, 5.41) is 13.5. The number of carbonyl (C=O) groups is 1. The van der Waals surface area contributed by atoms with Crippen molar-refractivity contribution in [3.63, 3.8) is 0 Å². The van der Waals surface area contributed by atoms with Crippen LogP contribution in [0.25, 0.3) is 0 Å². The van der Waals surface area contributed by atoms with E-state index in [0.29, 0.717) is 10.8 Å². The van der Waals surface area contributed by atoms with Gasteiger partial charge in [0, 0.05) is 16.5 Å². The number of rotatable bonds is 2. The summed E-state index contributed by atoms with van der Waals surface area (Å²) in [4.78, 5) is 12.7. The maximum atomic E-state index is 12.7. The lowest BCUT2D eigenvalue weighted by atomic mass is 9.94. The van der Waals surface area contributed by atoms with E-state index in [1.165, 1.54) is 11.8 Å². The third-order valence-corrected chi connectivity index (χ3v) is 5.67. The van der Waals surface area contributed by atoms with Gasteiger partial charge in [-0.2, -0.15) is 0 Å². The molecular formula is C18H18ClNO2S. The summed E-state index contributed by atoms with van der Waals surface area (Å²) in [6, 6.07) is 11.1. The first kappa shape index (κ1) is 16.4. The molecule has 0 unspecified atom stereocenters. The summed E-state index contributed by atoms with van der Waals surface area (Å²) >= 11 is 7.34. The number of hydrogen-bond acceptors (Lipinski definition) is 3. The van der Waals surface area contributed by atoms with Crippen LogP contribution in [0.2, 0.25) is 5.02 Å². The Bertz CT molecular complexity index is 745. The van der Waals surface area contributed by atoms with Gasteiger partial charge in [0.25, 0.3) is 0 Å². The number of aliphatic hydroxyl groups is 1. The van der Waals surface area contributed by atoms with E-state index < -0.39 is 6.10 Å². The molecule has 2 N–H and O–H groups in total. The van der Waals surface area contributed by atoms with Gasteiger partial charge in [0.15, 0.2) is 0 Å². The summed E-state index contributed by atoms with van der Waals surface area (Å²) in [6.45, 7) is 4.04. The van der Waals surface area contributed by atoms with Gasteiger partial charge < -0.3 is 10.4 Å². The van der Waals surface area contributed by atoms with Crippen LogP contribution in [0.5, 0.6) is 0 Å². The summed E-state index contributed by atoms with van der Waals surface area (Å²) in [7, 11) is 0. The first-order valence-electron chi connectivity index (χ1n) is 7.43. The fourth-order valence-corrected chi connectivity index (χ4v) is 3.98. The zero-order chi connectivity index (χ0) is 16.6. The molecule has 0 saturated carbocycles. The van der Waals surface area contributed by atoms with E-state index in [4.69, 9.17) is 11.6 Å². The molecule has 0 fully saturated rings. The van der Waals surface area contributed by atoms with Gasteiger partial charge in [-0.15, -0.1) is 11.8 Å². The minimum atomic E-state index is -0.520. The zero-order valence-corrected chi connectivity index (χ0v) is 14.5. The SMILES string of the molecule is Cc1cc2c(cc1C)[C@H](C(=O)Nc1ccc(Cl)cc1)SC[C@@H]2O. The first-order valence-corrected chi connectivity index (χ1v) is 8.85. The van der Waals surface area contributed by atoms with E-state index in [9.17, 15) is 9.90 Å². The minimum Gasteiger partial charge on any atom is -0.388 e. The molecule has 0 radical (unpaired) electrons. The monoisotopic (exact) mass is 347 g/mol. The van der Waals surface area contributed by atoms with Crippen LogP contribution >= 0.6 is 23.4 Å². The molecule has 0 aliphatic carbocycles. The number of thioether (sulfide) groups is 1. The van der Waals surface area contributed by atoms with Crippen LogP contribution in [0.4, 0.5) is 5.69 Å². The average molecular weight is 348 g/mol. The van der Waals surface area contributed by atoms with E-state index in [1.807, 2.05) is 26.0 Å². The molecule has 3 rings (SSSR count). The van der Waals surface area contributed by atoms with Gasteiger partial charge in [0.05, 0.1) is 6.10 Å². The molecule has 3 nitrogen and oxygen atoms in total. The van der Waals surface area contributed by atoms with E-state index in [-0.39, 0.29) is 11.2 Å². The quantitative estimate of drug-likeness (QED) is 0.845. The fourth-order valence-electron chi connectivity index (χ4n) is 2.70. The van der Waals surface area contributed by atoms with Crippen molar-refractivity contribution in [3.05, 3.63) is 63.7 Å². The molecule has 1 aliphatic rings. The Kier molecular flexibility index (Phi) is 4.67. The molecule has 0 aromatic heterocycles. The molecule has 0 bridgehead atoms. The molecular weight excluding hydrogens is 330 g/mol. The van der Waals surface area contributed by atoms with Gasteiger partial charge in [-0.25, -0.2) is 0 Å². The van der Waals surface area contributed by atoms with Crippen molar-refractivity contribution in [3.8, 4) is 0 Å². The molecule has 0 spiro atoms. The van der Waals surface area contributed by atoms with E-state index in [1.54, 1.807) is 24.3 Å². The van der Waals surface area contributed by atoms with Crippen molar-refractivity contribution in [1.29, 1.82) is 0 Å². The molecule has 5 heteroatoms. The molecule has 120 valence electrons. The van der Waals surface area contributed by atoms with Crippen LogP contribution in [0.1, 0.15) is 33.6 Å². The summed E-state index contributed by atoms with van der Waals surface area (Å²) < 4.78 is 0. The molecule has 23 heavy (non-hydrogen) atoms. The lowest BCUT2D eigenvalue weighted by molar-refractivity contribution is -0.115. The predicted octanol–water partition coefficient (Wildman–Crippen LogP) is 4.42. The Morgan fingerprint density at radius 3 is 2.43 bits per heavy atom. The number of nitrogens with one attached hydrogen (secondary N) is 1. The van der Waals surface area contributed by atoms with Crippen molar-refractivity contribution < 1.29 is 9.90 Å². The molecule has 1 heterocycles. The second kappa shape index (κ2) is 6.56. The lowest BCUT2D eigenvalue weighted by Gasteiger charge is -2.29. The Labute approximate surface area is 145 Å². The van der Waals surface area contributed by atoms with Gasteiger partial charge in [0.2, 0.25) is 5.91 Å². The Morgan fingerprint density at radius 1 is 1.17 bits per heavy atom. The van der Waals surface area contributed by atoms with Crippen molar-refractivity contribution in [2.45, 2.75) is 25.2 Å². The topological polar surface area (TPSA) is 49.3 Å². The predicted molar refractivity (Wildman–Crippen MR) is 96.2 cm³/mol. The van der Waals surface area contributed by atoms with Gasteiger partial charge >= 0.3 is 0 Å². The third kappa shape index (κ3) is 3.39. The Hall–Kier alpha value is -1.49. The highest BCUT2D eigenvalue weighted by atomic mass is 35.5. The highest BCUT2D eigenvalue weighted by Gasteiger charge is 2.31. The number of fused-ring (bicyclic) bond motifs is 1. The van der Waals surface area contributed by atoms with Crippen molar-refractivity contribution >= 4 is 35.0 Å². The average Bonchev–Trinajstić information content (AvgIpc) is 2.52. The maximum absolute atomic E-state index is 12.7. The van der Waals surface area contributed by atoms with E-state index in [0.717, 1.165) is 27.9 Å². The smallest absolute Gasteiger partial charge is 0.242 e. The molecule has 0 saturated heterocycles. The fraction of sp³-hybridized carbons (Fsp3) is 0.278. The van der Waals surface area contributed by atoms with Crippen LogP contribution in [-0.2, 0) is 4.79 Å². The van der Waals surface area contributed by atoms with Gasteiger partial charge in [-0.3, -0.25) is 4.79 Å². The Morgan fingerprint density at radius 2 is 1.78 bits per heavy atom. The number of benzene rings is 2. The van der Waals surface area contributed by atoms with E-state index >= 15 is 0 Å². The first-order chi connectivity index (χ1) is 11.0. The molecule has 2 aromatic carbocycles. The highest BCUT2D eigenvalue weighted by molar-refractivity contribution is 8.00. The van der Waals surface area contributed by atoms with Gasteiger partial charge in [-0.05, 0) is 60.4 Å². The number of halogens is 1. The van der Waals surface area contributed by atoms with Crippen LogP contribution in [0, 0.1) is 13.8 Å². The maximum Gasteiger partial charge on any atom is 0.242 e. The number of anilines is 1. The van der Waals surface area contributed by atoms with Gasteiger partial charge in [0.1, 0.15) is 5.25 Å². The van der Waals surface area contributed by atoms with Crippen molar-refractivity contribution in [1.82, 2.24) is 0 Å². The standard InChI is InChI=1S/C18H18ClNO2S/c1-10-7-14-15(8-11(10)2)17(23-9-16(14)21)18(22)20-13-5-3-12(19)4-6-13/h3-8,16-17,21H,9H2,1-2H3,(H,20,22)/t16-,17+/m0/s1. The van der Waals surface area contributed by atoms with Gasteiger partial charge in [-0.1, -0.05) is 23.7 Å². The van der Waals surface area contributed by atoms with Crippen LogP contribution < -0.4 is 5.32 Å². The van der Waals surface area contributed by atoms with Crippen molar-refractivity contribution in [2.75, 3.05) is 11.1 Å². The number of carbonyl (C=O) groups excluding carboxylic acids is 1. The third-order valence-electron chi connectivity index (χ3n) is 4.11. The minimum absolute atomic E-state index is 0.0753. The molecule has 2 atom stereocenters. The lowest BCUT2D eigenvalue weighted by Crippen LogP contribution is -2.25. The Balaban J connectivity index is 1.89. The number of aliphatic hydroxyl groups excluding tert-OH is 1. The summed E-state index contributed by atoms with van der Waals surface area (Å²) in [6.07, 6.45) is -0.520. The molecule has 2 aromatic rings. The largest absolute Gasteiger partial charge is 0.388 e. The second-order valence-electron chi connectivity index (χ2n) is 5.79. The number of aryl methyl sites for hydroxylation is 2. The number of amides is 1. The van der Waals surface area contributed by atoms with Crippen LogP contribution in [0.15, 0.2) is 36.4 Å². The van der Waals surface area contributed by atoms with Crippen LogP contribution in [0.3, 0.4) is 0 Å². The highest BCUT2D eigenvalue weighted by Crippen LogP contribution is 2.42. The van der Waals surface area contributed by atoms with Crippen LogP contribution in [-0.4, -0.2) is 16.8 Å². The zero-order valence-electron chi connectivity index (χ0n) is 13.0. The molecule has 1 aliphatic heterocycles. The molecule has 1 amide bonds. The normalized spacial score (nSPS) is 20.0.